The third-order valence-electron chi connectivity index (χ3n) is 5.95. The van der Waals surface area contributed by atoms with Crippen molar-refractivity contribution in [1.82, 2.24) is 14.9 Å². The van der Waals surface area contributed by atoms with Gasteiger partial charge in [-0.15, -0.1) is 0 Å². The molecule has 0 unspecified atom stereocenters. The highest BCUT2D eigenvalue weighted by Crippen LogP contribution is 2.26. The third kappa shape index (κ3) is 6.00. The number of fused-ring (bicyclic) bond motifs is 1. The van der Waals surface area contributed by atoms with Gasteiger partial charge in [-0.2, -0.15) is 0 Å². The van der Waals surface area contributed by atoms with Gasteiger partial charge in [-0.1, -0.05) is 65.8 Å². The summed E-state index contributed by atoms with van der Waals surface area (Å²) in [4.78, 5) is 42.0. The highest BCUT2D eigenvalue weighted by Gasteiger charge is 2.16. The first kappa shape index (κ1) is 26.1. The van der Waals surface area contributed by atoms with Gasteiger partial charge in [0.15, 0.2) is 5.16 Å². The summed E-state index contributed by atoms with van der Waals surface area (Å²) in [6, 6.07) is 27.5. The zero-order valence-corrected chi connectivity index (χ0v) is 22.0. The van der Waals surface area contributed by atoms with Crippen LogP contribution in [0.4, 0.5) is 5.69 Å². The molecule has 4 aromatic carbocycles. The molecule has 5 rings (SSSR count). The van der Waals surface area contributed by atoms with Crippen molar-refractivity contribution in [3.63, 3.8) is 0 Å². The van der Waals surface area contributed by atoms with Crippen LogP contribution in [0.1, 0.15) is 21.5 Å². The number of nitro benzene ring substituents is 1. The molecular weight excluding hydrogens is 536 g/mol. The molecule has 0 atom stereocenters. The van der Waals surface area contributed by atoms with Crippen LogP contribution in [0.3, 0.4) is 0 Å². The minimum atomic E-state index is -0.443. The topological polar surface area (TPSA) is 107 Å². The predicted molar refractivity (Wildman–Crippen MR) is 153 cm³/mol. The molecule has 0 fully saturated rings. The fourth-order valence-corrected chi connectivity index (χ4v) is 5.22. The van der Waals surface area contributed by atoms with E-state index in [9.17, 15) is 19.7 Å². The Labute approximate surface area is 232 Å². The standard InChI is InChI=1S/C29H21ClN4O4S/c30-22-8-4-6-19(14-22)17-31-27(35)21-12-13-25-26(16-21)32-29(33(28(25)36)23-9-2-1-3-10-23)39-18-20-7-5-11-24(15-20)34(37)38/h1-16H,17-18H2,(H,31,35). The number of benzene rings is 4. The first-order chi connectivity index (χ1) is 18.9. The fourth-order valence-electron chi connectivity index (χ4n) is 4.05. The van der Waals surface area contributed by atoms with Gasteiger partial charge in [-0.05, 0) is 53.6 Å². The van der Waals surface area contributed by atoms with E-state index in [-0.39, 0.29) is 17.2 Å². The molecule has 1 heterocycles. The largest absolute Gasteiger partial charge is 0.348 e. The summed E-state index contributed by atoms with van der Waals surface area (Å²) in [7, 11) is 0. The van der Waals surface area contributed by atoms with E-state index in [1.807, 2.05) is 42.5 Å². The lowest BCUT2D eigenvalue weighted by Gasteiger charge is -2.14. The van der Waals surface area contributed by atoms with Crippen LogP contribution < -0.4 is 10.9 Å². The van der Waals surface area contributed by atoms with Gasteiger partial charge < -0.3 is 5.32 Å². The van der Waals surface area contributed by atoms with E-state index in [1.54, 1.807) is 42.5 Å². The number of carbonyl (C=O) groups is 1. The lowest BCUT2D eigenvalue weighted by atomic mass is 10.1. The van der Waals surface area contributed by atoms with Gasteiger partial charge in [0, 0.05) is 35.0 Å². The van der Waals surface area contributed by atoms with Gasteiger partial charge in [-0.3, -0.25) is 24.3 Å². The second-order valence-corrected chi connectivity index (χ2v) is 10.0. The maximum atomic E-state index is 13.6. The zero-order valence-electron chi connectivity index (χ0n) is 20.4. The Morgan fingerprint density at radius 2 is 1.72 bits per heavy atom. The van der Waals surface area contributed by atoms with Gasteiger partial charge in [0.05, 0.1) is 21.5 Å². The molecular formula is C29H21ClN4O4S. The molecule has 1 amide bonds. The lowest BCUT2D eigenvalue weighted by Crippen LogP contribution is -2.24. The number of nitro groups is 1. The van der Waals surface area contributed by atoms with Crippen molar-refractivity contribution in [2.24, 2.45) is 0 Å². The van der Waals surface area contributed by atoms with E-state index in [0.717, 1.165) is 11.1 Å². The van der Waals surface area contributed by atoms with Crippen molar-refractivity contribution in [2.75, 3.05) is 0 Å². The SMILES string of the molecule is O=C(NCc1cccc(Cl)c1)c1ccc2c(=O)n(-c3ccccc3)c(SCc3cccc([N+](=O)[O-])c3)nc2c1. The Morgan fingerprint density at radius 1 is 0.949 bits per heavy atom. The fraction of sp³-hybridized carbons (Fsp3) is 0.0690. The van der Waals surface area contributed by atoms with Crippen molar-refractivity contribution in [2.45, 2.75) is 17.5 Å². The molecule has 39 heavy (non-hydrogen) atoms. The average Bonchev–Trinajstić information content (AvgIpc) is 2.95. The number of hydrogen-bond acceptors (Lipinski definition) is 6. The summed E-state index contributed by atoms with van der Waals surface area (Å²) in [6.07, 6.45) is 0. The maximum Gasteiger partial charge on any atom is 0.269 e. The van der Waals surface area contributed by atoms with Crippen LogP contribution in [-0.4, -0.2) is 20.4 Å². The number of amides is 1. The zero-order chi connectivity index (χ0) is 27.4. The van der Waals surface area contributed by atoms with Gasteiger partial charge in [0.25, 0.3) is 17.2 Å². The number of non-ortho nitro benzene ring substituents is 1. The van der Waals surface area contributed by atoms with Crippen LogP contribution in [0.15, 0.2) is 107 Å². The maximum absolute atomic E-state index is 13.6. The van der Waals surface area contributed by atoms with E-state index in [1.165, 1.54) is 28.5 Å². The molecule has 0 aliphatic rings. The highest BCUT2D eigenvalue weighted by molar-refractivity contribution is 7.98. The number of aromatic nitrogens is 2. The number of nitrogens with zero attached hydrogens (tertiary/aromatic N) is 3. The molecule has 0 spiro atoms. The number of hydrogen-bond donors (Lipinski definition) is 1. The molecule has 0 aliphatic heterocycles. The highest BCUT2D eigenvalue weighted by atomic mass is 35.5. The summed E-state index contributed by atoms with van der Waals surface area (Å²) in [6.45, 7) is 0.296. The molecule has 0 saturated heterocycles. The third-order valence-corrected chi connectivity index (χ3v) is 7.19. The number of halogens is 1. The summed E-state index contributed by atoms with van der Waals surface area (Å²) < 4.78 is 1.52. The monoisotopic (exact) mass is 556 g/mol. The van der Waals surface area contributed by atoms with Gasteiger partial charge in [0.2, 0.25) is 0 Å². The molecule has 1 N–H and O–H groups in total. The number of carbonyl (C=O) groups excluding carboxylic acids is 1. The second-order valence-electron chi connectivity index (χ2n) is 8.63. The number of para-hydroxylation sites is 1. The molecule has 8 nitrogen and oxygen atoms in total. The quantitative estimate of drug-likeness (QED) is 0.106. The smallest absolute Gasteiger partial charge is 0.269 e. The van der Waals surface area contributed by atoms with E-state index in [0.29, 0.717) is 44.6 Å². The van der Waals surface area contributed by atoms with Crippen molar-refractivity contribution in [3.8, 4) is 5.69 Å². The van der Waals surface area contributed by atoms with Crippen LogP contribution in [0, 0.1) is 10.1 Å². The molecule has 0 aliphatic carbocycles. The number of nitrogens with one attached hydrogen (secondary N) is 1. The molecule has 194 valence electrons. The normalized spacial score (nSPS) is 10.9. The van der Waals surface area contributed by atoms with Crippen molar-refractivity contribution in [1.29, 1.82) is 0 Å². The summed E-state index contributed by atoms with van der Waals surface area (Å²) in [5.41, 5.74) is 2.68. The second kappa shape index (κ2) is 11.5. The molecule has 1 aromatic heterocycles. The Morgan fingerprint density at radius 3 is 2.49 bits per heavy atom. The van der Waals surface area contributed by atoms with Crippen LogP contribution in [0.25, 0.3) is 16.6 Å². The number of rotatable bonds is 8. The van der Waals surface area contributed by atoms with Gasteiger partial charge in [-0.25, -0.2) is 4.98 Å². The van der Waals surface area contributed by atoms with Crippen LogP contribution in [0.5, 0.6) is 0 Å². The first-order valence-corrected chi connectivity index (χ1v) is 13.3. The molecule has 0 saturated carbocycles. The Bertz CT molecular complexity index is 1760. The molecule has 5 aromatic rings. The summed E-state index contributed by atoms with van der Waals surface area (Å²) >= 11 is 7.31. The molecule has 10 heteroatoms. The van der Waals surface area contributed by atoms with E-state index in [4.69, 9.17) is 16.6 Å². The summed E-state index contributed by atoms with van der Waals surface area (Å²) in [5.74, 6) is 0.0448. The van der Waals surface area contributed by atoms with E-state index in [2.05, 4.69) is 5.32 Å². The van der Waals surface area contributed by atoms with Crippen molar-refractivity contribution >= 4 is 45.9 Å². The summed E-state index contributed by atoms with van der Waals surface area (Å²) in [5, 5.41) is 15.4. The predicted octanol–water partition coefficient (Wildman–Crippen LogP) is 6.17. The number of thioether (sulfide) groups is 1. The van der Waals surface area contributed by atoms with Crippen molar-refractivity contribution < 1.29 is 9.72 Å². The molecule has 0 bridgehead atoms. The Kier molecular flexibility index (Phi) is 7.72. The first-order valence-electron chi connectivity index (χ1n) is 11.9. The van der Waals surface area contributed by atoms with Crippen LogP contribution >= 0.6 is 23.4 Å². The Balaban J connectivity index is 1.49. The van der Waals surface area contributed by atoms with Gasteiger partial charge in [0.1, 0.15) is 0 Å². The van der Waals surface area contributed by atoms with Crippen molar-refractivity contribution in [3.05, 3.63) is 139 Å². The minimum absolute atomic E-state index is 0.00607. The average molecular weight is 557 g/mol. The molecule has 0 radical (unpaired) electrons. The van der Waals surface area contributed by atoms with Crippen LogP contribution in [-0.2, 0) is 12.3 Å². The van der Waals surface area contributed by atoms with Crippen LogP contribution in [0.2, 0.25) is 5.02 Å². The van der Waals surface area contributed by atoms with E-state index >= 15 is 0 Å². The van der Waals surface area contributed by atoms with Gasteiger partial charge >= 0.3 is 0 Å². The van der Waals surface area contributed by atoms with E-state index < -0.39 is 4.92 Å². The minimum Gasteiger partial charge on any atom is -0.348 e. The Hall–Kier alpha value is -4.47. The lowest BCUT2D eigenvalue weighted by molar-refractivity contribution is -0.384.